The Bertz CT molecular complexity index is 2800. The van der Waals surface area contributed by atoms with Gasteiger partial charge in [0.05, 0.1) is 64.0 Å². The van der Waals surface area contributed by atoms with Crippen LogP contribution in [-0.2, 0) is 70.1 Å². The first-order valence-corrected chi connectivity index (χ1v) is 34.9. The van der Waals surface area contributed by atoms with Crippen LogP contribution in [0.4, 0.5) is 9.59 Å². The molecule has 100 heavy (non-hydrogen) atoms. The summed E-state index contributed by atoms with van der Waals surface area (Å²) in [4.78, 5) is 127. The topological polar surface area (TPSA) is 334 Å². The number of rotatable bonds is 18. The van der Waals surface area contributed by atoms with Gasteiger partial charge in [0.15, 0.2) is 0 Å². The lowest BCUT2D eigenvalue weighted by molar-refractivity contribution is -0.146. The highest BCUT2D eigenvalue weighted by molar-refractivity contribution is 9.09. The molecule has 5 saturated heterocycles. The van der Waals surface area contributed by atoms with E-state index in [0.717, 1.165) is 49.5 Å². The lowest BCUT2D eigenvalue weighted by Crippen LogP contribution is -2.58. The maximum absolute atomic E-state index is 12.5. The monoisotopic (exact) mass is 1480 g/mol. The highest BCUT2D eigenvalue weighted by atomic mass is 79.9. The van der Waals surface area contributed by atoms with Gasteiger partial charge in [-0.15, -0.1) is 0 Å². The Kier molecular flexibility index (Phi) is 43.6. The molecular weight excluding hydrogens is 1360 g/mol. The fourth-order valence-corrected chi connectivity index (χ4v) is 10.8. The molecule has 0 aromatic heterocycles. The third-order valence-electron chi connectivity index (χ3n) is 16.1. The minimum atomic E-state index is -0.596. The van der Waals surface area contributed by atoms with Gasteiger partial charge in [0.2, 0.25) is 23.6 Å². The van der Waals surface area contributed by atoms with Gasteiger partial charge in [-0.05, 0) is 109 Å². The van der Waals surface area contributed by atoms with Crippen LogP contribution in [0.25, 0.3) is 0 Å². The molecule has 5 aliphatic rings. The van der Waals surface area contributed by atoms with E-state index in [9.17, 15) is 53.1 Å². The van der Waals surface area contributed by atoms with Crippen molar-refractivity contribution in [2.45, 2.75) is 177 Å². The molecule has 5 aliphatic heterocycles. The predicted octanol–water partition coefficient (Wildman–Crippen LogP) is 4.90. The molecule has 5 atom stereocenters. The first-order chi connectivity index (χ1) is 46.7. The van der Waals surface area contributed by atoms with Crippen molar-refractivity contribution in [3.8, 4) is 11.5 Å². The quantitative estimate of drug-likeness (QED) is 0.0752. The summed E-state index contributed by atoms with van der Waals surface area (Å²) in [6, 6.07) is 15.0. The van der Waals surface area contributed by atoms with E-state index in [4.69, 9.17) is 38.6 Å². The molecule has 29 heteroatoms. The molecule has 7 rings (SSSR count). The number of aryl methyl sites for hydroxylation is 2. The predicted molar refractivity (Wildman–Crippen MR) is 383 cm³/mol. The summed E-state index contributed by atoms with van der Waals surface area (Å²) in [6.45, 7) is 27.5. The smallest absolute Gasteiger partial charge is 0.410 e. The molecule has 2 aromatic carbocycles. The molecule has 0 saturated carbocycles. The number of ketones is 2. The first kappa shape index (κ1) is 91.0. The van der Waals surface area contributed by atoms with E-state index in [1.165, 1.54) is 62.8 Å². The van der Waals surface area contributed by atoms with Crippen molar-refractivity contribution in [3.05, 3.63) is 59.7 Å². The fraction of sp³-hybridized carbons (Fsp3) is 0.690. The molecule has 6 amide bonds. The van der Waals surface area contributed by atoms with E-state index in [1.807, 2.05) is 53.4 Å². The van der Waals surface area contributed by atoms with Crippen LogP contribution in [0.1, 0.15) is 134 Å². The molecule has 5 N–H and O–H groups in total. The van der Waals surface area contributed by atoms with Crippen LogP contribution >= 0.6 is 15.9 Å². The van der Waals surface area contributed by atoms with Gasteiger partial charge in [-0.25, -0.2) is 9.59 Å². The summed E-state index contributed by atoms with van der Waals surface area (Å²) >= 11 is 3.14. The third kappa shape index (κ3) is 37.6. The van der Waals surface area contributed by atoms with Gasteiger partial charge in [0.1, 0.15) is 47.5 Å². The summed E-state index contributed by atoms with van der Waals surface area (Å²) in [5, 5.41) is 33.5. The Morgan fingerprint density at radius 2 is 0.890 bits per heavy atom. The Morgan fingerprint density at radius 1 is 0.490 bits per heavy atom. The number of nitrogens with one attached hydrogen (secondary N) is 2. The van der Waals surface area contributed by atoms with Crippen molar-refractivity contribution < 1.29 is 91.7 Å². The number of benzene rings is 2. The average Bonchev–Trinajstić information content (AvgIpc) is 0.843. The number of carbonyl (C=O) groups excluding carboxylic acids is 10. The Balaban J connectivity index is 0.000000621. The van der Waals surface area contributed by atoms with Crippen molar-refractivity contribution >= 4 is 75.3 Å². The molecule has 5 unspecified atom stereocenters. The van der Waals surface area contributed by atoms with Crippen molar-refractivity contribution in [3.63, 3.8) is 0 Å². The SMILES string of the molecule is C.CC(=O)N1CCN(C(=O)OC(C)(C)C)C(CO)C1.CC(=O)N1CCNC(CO)C1.CC(=O)OCC1CN(C(C)=O)CCN1C(=O)OC(C)(C)C.COc1ccc(CCC(=O)CBr)cc1.COc1ccc(CCC(=O)CN2CCN(C(C)=O)CC2COC(C)=O)cc1.OCC1CCCCN1. The maximum atomic E-state index is 12.5. The van der Waals surface area contributed by atoms with E-state index in [-0.39, 0.29) is 93.1 Å². The van der Waals surface area contributed by atoms with E-state index in [1.54, 1.807) is 82.3 Å². The molecule has 0 aliphatic carbocycles. The van der Waals surface area contributed by atoms with Crippen LogP contribution in [0.3, 0.4) is 0 Å². The summed E-state index contributed by atoms with van der Waals surface area (Å²) in [6.07, 6.45) is 5.31. The van der Waals surface area contributed by atoms with Gasteiger partial charge in [-0.2, -0.15) is 0 Å². The second-order valence-corrected chi connectivity index (χ2v) is 27.1. The van der Waals surface area contributed by atoms with E-state index >= 15 is 0 Å². The molecule has 5 heterocycles. The van der Waals surface area contributed by atoms with Gasteiger partial charge in [0.25, 0.3) is 0 Å². The number of nitrogens with zero attached hydrogens (tertiary/aromatic N) is 7. The Labute approximate surface area is 601 Å². The van der Waals surface area contributed by atoms with Gasteiger partial charge >= 0.3 is 24.1 Å². The number of hydrogen-bond donors (Lipinski definition) is 5. The zero-order valence-electron chi connectivity index (χ0n) is 61.0. The minimum Gasteiger partial charge on any atom is -0.497 e. The standard InChI is InChI=1S/C20H28N2O5.C14H24N2O5.C12H22N2O4.C11H13BrO2.C7H14N2O2.C6H13NO.CH4/c1-15(23)21-10-11-22(18(12-21)14-27-16(2)24)13-19(25)7-4-17-5-8-20(26-3)9-6-17;1-10(17)15-6-7-16(13(19)21-14(3,4)5)12(8-15)9-20-11(2)18;1-9(16)13-5-6-14(10(7-13)8-15)11(17)18-12(2,3)4;1-14-11-6-3-9(4-7-11)2-5-10(13)8-12;1-6(11)9-3-2-8-7(4-9)5-10;8-5-6-3-1-2-4-7-6;/h5-6,8-9,18H,4,7,10-14H2,1-3H3;12H,6-9H2,1-5H3;10,15H,5-8H2,1-4H3;3-4,6-7H,2,5,8H2,1H3;7-8,10H,2-5H2,1H3;6-8H,1-5H2;1H4. The van der Waals surface area contributed by atoms with Crippen LogP contribution in [0.15, 0.2) is 48.5 Å². The van der Waals surface area contributed by atoms with Gasteiger partial charge in [0, 0.05) is 145 Å². The van der Waals surface area contributed by atoms with E-state index in [0.29, 0.717) is 109 Å². The summed E-state index contributed by atoms with van der Waals surface area (Å²) in [5.41, 5.74) is 1.09. The molecule has 2 aromatic rings. The fourth-order valence-electron chi connectivity index (χ4n) is 10.5. The largest absolute Gasteiger partial charge is 0.497 e. The van der Waals surface area contributed by atoms with Crippen LogP contribution in [0.5, 0.6) is 11.5 Å². The van der Waals surface area contributed by atoms with Crippen LogP contribution in [-0.4, -0.2) is 295 Å². The van der Waals surface area contributed by atoms with Crippen LogP contribution in [0.2, 0.25) is 0 Å². The van der Waals surface area contributed by atoms with Gasteiger partial charge in [-0.1, -0.05) is 54.0 Å². The Hall–Kier alpha value is -7.02. The van der Waals surface area contributed by atoms with Crippen molar-refractivity contribution in [1.29, 1.82) is 0 Å². The second-order valence-electron chi connectivity index (χ2n) is 26.5. The average molecular weight is 1480 g/mol. The molecule has 5 fully saturated rings. The highest BCUT2D eigenvalue weighted by Crippen LogP contribution is 2.20. The van der Waals surface area contributed by atoms with E-state index < -0.39 is 35.4 Å². The van der Waals surface area contributed by atoms with Gasteiger partial charge in [-0.3, -0.25) is 53.1 Å². The van der Waals surface area contributed by atoms with Gasteiger partial charge < -0.3 is 74.0 Å². The molecule has 0 radical (unpaired) electrons. The first-order valence-electron chi connectivity index (χ1n) is 33.8. The summed E-state index contributed by atoms with van der Waals surface area (Å²) in [5.74, 6) is 1.21. The van der Waals surface area contributed by atoms with Crippen LogP contribution in [0, 0.1) is 0 Å². The third-order valence-corrected chi connectivity index (χ3v) is 16.7. The van der Waals surface area contributed by atoms with Crippen molar-refractivity contribution in [2.24, 2.45) is 0 Å². The van der Waals surface area contributed by atoms with Crippen molar-refractivity contribution in [2.75, 3.05) is 144 Å². The molecule has 0 spiro atoms. The lowest BCUT2D eigenvalue weighted by Gasteiger charge is -2.41. The number of piperazine rings is 4. The number of carbonyl (C=O) groups is 10. The number of alkyl halides is 1. The summed E-state index contributed by atoms with van der Waals surface area (Å²) < 4.78 is 30.9. The number of amides is 6. The zero-order valence-corrected chi connectivity index (χ0v) is 62.6. The number of aliphatic hydroxyl groups excluding tert-OH is 3. The molecule has 568 valence electrons. The highest BCUT2D eigenvalue weighted by Gasteiger charge is 2.36. The minimum absolute atomic E-state index is 0. The number of esters is 2. The number of Topliss-reactive ketones (excluding diaryl/α,β-unsaturated/α-hetero) is 2. The number of aliphatic hydroxyl groups is 3. The number of piperidine rings is 1. The lowest BCUT2D eigenvalue weighted by atomic mass is 10.1. The molecular formula is C71H118BrN9O19. The number of halogens is 1. The molecule has 28 nitrogen and oxygen atoms in total. The van der Waals surface area contributed by atoms with Crippen molar-refractivity contribution in [1.82, 2.24) is 44.9 Å². The van der Waals surface area contributed by atoms with Crippen LogP contribution < -0.4 is 20.1 Å². The summed E-state index contributed by atoms with van der Waals surface area (Å²) in [7, 11) is 3.26. The maximum Gasteiger partial charge on any atom is 0.410 e. The van der Waals surface area contributed by atoms with E-state index in [2.05, 4.69) is 26.6 Å². The Morgan fingerprint density at radius 3 is 1.27 bits per heavy atom. The normalized spacial score (nSPS) is 19.1. The second kappa shape index (κ2) is 48.0. The number of methoxy groups -OCH3 is 2. The number of hydrogen-bond acceptors (Lipinski definition) is 22. The number of ether oxygens (including phenoxy) is 6. The zero-order chi connectivity index (χ0) is 74.4. The molecule has 0 bridgehead atoms.